The first-order chi connectivity index (χ1) is 12.2. The average Bonchev–Trinajstić information content (AvgIpc) is 2.89. The summed E-state index contributed by atoms with van der Waals surface area (Å²) in [6.45, 7) is 5.50. The molecule has 1 N–H and O–H groups in total. The van der Waals surface area contributed by atoms with E-state index in [9.17, 15) is 13.2 Å². The van der Waals surface area contributed by atoms with Crippen molar-refractivity contribution >= 4 is 43.2 Å². The Bertz CT molecular complexity index is 955. The van der Waals surface area contributed by atoms with Gasteiger partial charge in [0.1, 0.15) is 4.90 Å². The minimum absolute atomic E-state index is 0.0156. The second-order valence-electron chi connectivity index (χ2n) is 6.51. The van der Waals surface area contributed by atoms with E-state index in [2.05, 4.69) is 20.7 Å². The Balaban J connectivity index is 1.99. The zero-order valence-electron chi connectivity index (χ0n) is 14.9. The molecule has 2 aromatic carbocycles. The second-order valence-corrected chi connectivity index (χ2v) is 9.01. The van der Waals surface area contributed by atoms with Crippen LogP contribution in [0.25, 0.3) is 0 Å². The molecule has 2 aromatic rings. The van der Waals surface area contributed by atoms with Crippen LogP contribution in [0.4, 0.5) is 11.4 Å². The minimum atomic E-state index is -3.79. The number of benzene rings is 2. The molecule has 0 bridgehead atoms. The first-order valence-corrected chi connectivity index (χ1v) is 10.7. The van der Waals surface area contributed by atoms with E-state index in [1.54, 1.807) is 29.2 Å². The Labute approximate surface area is 162 Å². The maximum Gasteiger partial charge on any atom is 0.263 e. The highest BCUT2D eigenvalue weighted by molar-refractivity contribution is 9.10. The predicted molar refractivity (Wildman–Crippen MR) is 107 cm³/mol. The highest BCUT2D eigenvalue weighted by Gasteiger charge is 2.32. The Kier molecular flexibility index (Phi) is 5.12. The van der Waals surface area contributed by atoms with Crippen LogP contribution in [0.15, 0.2) is 45.8 Å². The van der Waals surface area contributed by atoms with Crippen LogP contribution in [-0.2, 0) is 27.7 Å². The van der Waals surface area contributed by atoms with Crippen LogP contribution in [0.1, 0.15) is 31.9 Å². The van der Waals surface area contributed by atoms with Crippen molar-refractivity contribution in [3.8, 4) is 0 Å². The lowest BCUT2D eigenvalue weighted by atomic mass is 10.1. The average molecular weight is 437 g/mol. The van der Waals surface area contributed by atoms with Gasteiger partial charge in [-0.15, -0.1) is 0 Å². The summed E-state index contributed by atoms with van der Waals surface area (Å²) in [7, 11) is -3.79. The van der Waals surface area contributed by atoms with Crippen molar-refractivity contribution < 1.29 is 13.2 Å². The molecule has 0 aromatic heterocycles. The van der Waals surface area contributed by atoms with Crippen molar-refractivity contribution in [1.82, 2.24) is 0 Å². The van der Waals surface area contributed by atoms with Gasteiger partial charge in [0.15, 0.2) is 0 Å². The van der Waals surface area contributed by atoms with Crippen molar-refractivity contribution in [2.24, 2.45) is 0 Å². The van der Waals surface area contributed by atoms with E-state index in [1.807, 2.05) is 26.0 Å². The van der Waals surface area contributed by atoms with Crippen LogP contribution in [0.3, 0.4) is 0 Å². The number of nitrogens with one attached hydrogen (secondary N) is 1. The second kappa shape index (κ2) is 7.04. The van der Waals surface area contributed by atoms with Crippen molar-refractivity contribution in [3.05, 3.63) is 52.0 Å². The minimum Gasteiger partial charge on any atom is -0.309 e. The maximum absolute atomic E-state index is 12.9. The summed E-state index contributed by atoms with van der Waals surface area (Å²) >= 11 is 3.38. The smallest absolute Gasteiger partial charge is 0.263 e. The topological polar surface area (TPSA) is 66.5 Å². The van der Waals surface area contributed by atoms with Gasteiger partial charge in [0.05, 0.1) is 0 Å². The lowest BCUT2D eigenvalue weighted by Gasteiger charge is -2.21. The monoisotopic (exact) mass is 436 g/mol. The van der Waals surface area contributed by atoms with Gasteiger partial charge in [-0.2, -0.15) is 0 Å². The molecular formula is C19H21BrN2O3S. The lowest BCUT2D eigenvalue weighted by molar-refractivity contribution is -0.116. The summed E-state index contributed by atoms with van der Waals surface area (Å²) in [5.41, 5.74) is 3.27. The van der Waals surface area contributed by atoms with Crippen LogP contribution in [0.5, 0.6) is 0 Å². The lowest BCUT2D eigenvalue weighted by Crippen LogP contribution is -2.33. The van der Waals surface area contributed by atoms with E-state index >= 15 is 0 Å². The molecule has 1 aliphatic heterocycles. The number of hydrogen-bond donors (Lipinski definition) is 1. The largest absolute Gasteiger partial charge is 0.309 e. The standard InChI is InChI=1S/C19H21BrN2O3S/c1-4-14-5-7-16(8-6-14)21-26(24,25)19-11-18-15(10-17(19)20)9-12(2)22(18)13(3)23/h5-8,10-12,21H,4,9H2,1-3H3/t12-/m0/s1. The van der Waals surface area contributed by atoms with Gasteiger partial charge in [-0.25, -0.2) is 8.42 Å². The van der Waals surface area contributed by atoms with Crippen LogP contribution < -0.4 is 9.62 Å². The number of nitrogens with zero attached hydrogens (tertiary/aromatic N) is 1. The Morgan fingerprint density at radius 3 is 2.50 bits per heavy atom. The third-order valence-corrected chi connectivity index (χ3v) is 6.93. The summed E-state index contributed by atoms with van der Waals surface area (Å²) in [6.07, 6.45) is 1.60. The number of aryl methyl sites for hydroxylation is 1. The van der Waals surface area contributed by atoms with E-state index in [0.29, 0.717) is 22.3 Å². The number of rotatable bonds is 4. The Morgan fingerprint density at radius 2 is 1.92 bits per heavy atom. The number of amides is 1. The molecule has 26 heavy (non-hydrogen) atoms. The fraction of sp³-hybridized carbons (Fsp3) is 0.316. The Hall–Kier alpha value is -1.86. The van der Waals surface area contributed by atoms with Crippen molar-refractivity contribution in [3.63, 3.8) is 0 Å². The van der Waals surface area contributed by atoms with Gasteiger partial charge < -0.3 is 4.90 Å². The molecule has 1 amide bonds. The molecule has 0 saturated carbocycles. The Morgan fingerprint density at radius 1 is 1.27 bits per heavy atom. The molecular weight excluding hydrogens is 416 g/mol. The summed E-state index contributed by atoms with van der Waals surface area (Å²) in [6, 6.07) is 10.7. The summed E-state index contributed by atoms with van der Waals surface area (Å²) < 4.78 is 28.9. The van der Waals surface area contributed by atoms with E-state index in [4.69, 9.17) is 0 Å². The summed E-state index contributed by atoms with van der Waals surface area (Å²) in [4.78, 5) is 13.7. The van der Waals surface area contributed by atoms with Gasteiger partial charge in [0.25, 0.3) is 10.0 Å². The van der Waals surface area contributed by atoms with E-state index in [-0.39, 0.29) is 16.8 Å². The van der Waals surface area contributed by atoms with Crippen molar-refractivity contribution in [2.45, 2.75) is 44.6 Å². The molecule has 1 atom stereocenters. The molecule has 1 aliphatic rings. The third-order valence-electron chi connectivity index (χ3n) is 4.59. The zero-order chi connectivity index (χ0) is 19.1. The quantitative estimate of drug-likeness (QED) is 0.783. The predicted octanol–water partition coefficient (Wildman–Crippen LogP) is 4.11. The van der Waals surface area contributed by atoms with Crippen molar-refractivity contribution in [2.75, 3.05) is 9.62 Å². The maximum atomic E-state index is 12.9. The van der Waals surface area contributed by atoms with Crippen LogP contribution >= 0.6 is 15.9 Å². The number of halogens is 1. The first kappa shape index (κ1) is 18.9. The molecule has 138 valence electrons. The SMILES string of the molecule is CCc1ccc(NS(=O)(=O)c2cc3c(cc2Br)C[C@H](C)N3C(C)=O)cc1. The van der Waals surface area contributed by atoms with E-state index < -0.39 is 10.0 Å². The van der Waals surface area contributed by atoms with Gasteiger partial charge >= 0.3 is 0 Å². The van der Waals surface area contributed by atoms with E-state index in [1.165, 1.54) is 6.92 Å². The molecule has 0 saturated heterocycles. The van der Waals surface area contributed by atoms with Gasteiger partial charge in [-0.1, -0.05) is 19.1 Å². The molecule has 0 aliphatic carbocycles. The third kappa shape index (κ3) is 3.50. The first-order valence-electron chi connectivity index (χ1n) is 8.47. The highest BCUT2D eigenvalue weighted by atomic mass is 79.9. The van der Waals surface area contributed by atoms with Gasteiger partial charge in [0, 0.05) is 28.8 Å². The number of carbonyl (C=O) groups is 1. The molecule has 0 radical (unpaired) electrons. The van der Waals surface area contributed by atoms with Crippen LogP contribution in [0.2, 0.25) is 0 Å². The molecule has 3 rings (SSSR count). The van der Waals surface area contributed by atoms with Crippen molar-refractivity contribution in [1.29, 1.82) is 0 Å². The molecule has 5 nitrogen and oxygen atoms in total. The highest BCUT2D eigenvalue weighted by Crippen LogP contribution is 2.38. The fourth-order valence-corrected chi connectivity index (χ4v) is 5.49. The van der Waals surface area contributed by atoms with E-state index in [0.717, 1.165) is 17.5 Å². The number of carbonyl (C=O) groups excluding carboxylic acids is 1. The fourth-order valence-electron chi connectivity index (χ4n) is 3.32. The number of sulfonamides is 1. The van der Waals surface area contributed by atoms with Crippen LogP contribution in [-0.4, -0.2) is 20.4 Å². The molecule has 1 heterocycles. The van der Waals surface area contributed by atoms with Gasteiger partial charge in [-0.05, 0) is 71.1 Å². The van der Waals surface area contributed by atoms with Crippen LogP contribution in [0, 0.1) is 0 Å². The van der Waals surface area contributed by atoms with Gasteiger partial charge in [-0.3, -0.25) is 9.52 Å². The number of anilines is 2. The number of fused-ring (bicyclic) bond motifs is 1. The number of hydrogen-bond acceptors (Lipinski definition) is 3. The normalized spacial score (nSPS) is 16.5. The zero-order valence-corrected chi connectivity index (χ0v) is 17.3. The summed E-state index contributed by atoms with van der Waals surface area (Å²) in [5.74, 6) is -0.0926. The molecule has 0 unspecified atom stereocenters. The summed E-state index contributed by atoms with van der Waals surface area (Å²) in [5, 5.41) is 0. The molecule has 0 spiro atoms. The van der Waals surface area contributed by atoms with Gasteiger partial charge in [0.2, 0.25) is 5.91 Å². The molecule has 0 fully saturated rings. The molecule has 7 heteroatoms.